The smallest absolute Gasteiger partial charge is 0.346 e. The number of hydrogen-bond acceptors (Lipinski definition) is 6. The third kappa shape index (κ3) is 4.32. The number of ether oxygens (including phenoxy) is 2. The Labute approximate surface area is 127 Å². The number of nitrogens with zero attached hydrogens (tertiary/aromatic N) is 2. The fourth-order valence-electron chi connectivity index (χ4n) is 1.54. The topological polar surface area (TPSA) is 73.3 Å². The van der Waals surface area contributed by atoms with E-state index >= 15 is 0 Å². The molecule has 0 aliphatic rings. The summed E-state index contributed by atoms with van der Waals surface area (Å²) in [5, 5.41) is 3.49. The molecule has 7 heteroatoms. The molecule has 1 heterocycles. The average molecular weight is 308 g/mol. The van der Waals surface area contributed by atoms with Gasteiger partial charge in [0, 0.05) is 5.69 Å². The Hall–Kier alpha value is -2.34. The lowest BCUT2D eigenvalue weighted by Crippen LogP contribution is -2.24. The van der Waals surface area contributed by atoms with Crippen LogP contribution in [0.1, 0.15) is 6.92 Å². The minimum atomic E-state index is -0.659. The molecule has 0 saturated heterocycles. The van der Waals surface area contributed by atoms with E-state index in [1.54, 1.807) is 31.2 Å². The maximum atomic E-state index is 11.3. The quantitative estimate of drug-likeness (QED) is 0.856. The molecule has 2 aromatic rings. The van der Waals surface area contributed by atoms with Crippen molar-refractivity contribution in [1.82, 2.24) is 9.97 Å². The molecule has 1 N–H and O–H groups in total. The first-order chi connectivity index (χ1) is 10.1. The van der Waals surface area contributed by atoms with Crippen LogP contribution in [-0.2, 0) is 9.53 Å². The molecular weight excluding hydrogens is 294 g/mol. The Morgan fingerprint density at radius 3 is 2.43 bits per heavy atom. The van der Waals surface area contributed by atoms with Gasteiger partial charge in [0.1, 0.15) is 5.75 Å². The van der Waals surface area contributed by atoms with Crippen molar-refractivity contribution in [1.29, 1.82) is 0 Å². The van der Waals surface area contributed by atoms with Gasteiger partial charge in [-0.05, 0) is 31.2 Å². The van der Waals surface area contributed by atoms with Crippen LogP contribution in [0.25, 0.3) is 0 Å². The third-order valence-corrected chi connectivity index (χ3v) is 2.77. The minimum Gasteiger partial charge on any atom is -0.479 e. The van der Waals surface area contributed by atoms with Crippen molar-refractivity contribution in [2.75, 3.05) is 12.4 Å². The Kier molecular flexibility index (Phi) is 4.94. The summed E-state index contributed by atoms with van der Waals surface area (Å²) in [6.45, 7) is 1.62. The molecule has 0 bridgehead atoms. The van der Waals surface area contributed by atoms with Gasteiger partial charge in [0.05, 0.1) is 24.5 Å². The second-order valence-corrected chi connectivity index (χ2v) is 4.59. The molecule has 1 aromatic carbocycles. The first-order valence-electron chi connectivity index (χ1n) is 6.17. The summed E-state index contributed by atoms with van der Waals surface area (Å²) in [6, 6.07) is 7.05. The van der Waals surface area contributed by atoms with Crippen LogP contribution in [0, 0.1) is 0 Å². The summed E-state index contributed by atoms with van der Waals surface area (Å²) in [6.07, 6.45) is 2.35. The average Bonchev–Trinajstić information content (AvgIpc) is 2.50. The SMILES string of the molecule is COC(=O)C(C)Oc1ccc(Nc2ncc(Cl)cn2)cc1. The van der Waals surface area contributed by atoms with Gasteiger partial charge in [-0.2, -0.15) is 0 Å². The van der Waals surface area contributed by atoms with Crippen LogP contribution in [0.5, 0.6) is 5.75 Å². The highest BCUT2D eigenvalue weighted by molar-refractivity contribution is 6.30. The van der Waals surface area contributed by atoms with Crippen LogP contribution in [-0.4, -0.2) is 29.2 Å². The molecule has 0 aliphatic heterocycles. The van der Waals surface area contributed by atoms with Gasteiger partial charge < -0.3 is 14.8 Å². The third-order valence-electron chi connectivity index (χ3n) is 2.58. The van der Waals surface area contributed by atoms with Crippen LogP contribution < -0.4 is 10.1 Å². The number of anilines is 2. The van der Waals surface area contributed by atoms with E-state index in [2.05, 4.69) is 20.0 Å². The molecule has 2 rings (SSSR count). The largest absolute Gasteiger partial charge is 0.479 e. The van der Waals surface area contributed by atoms with Gasteiger partial charge >= 0.3 is 5.97 Å². The Bertz CT molecular complexity index is 602. The van der Waals surface area contributed by atoms with Crippen molar-refractivity contribution < 1.29 is 14.3 Å². The first-order valence-corrected chi connectivity index (χ1v) is 6.55. The van der Waals surface area contributed by atoms with E-state index in [-0.39, 0.29) is 0 Å². The van der Waals surface area contributed by atoms with E-state index in [0.29, 0.717) is 16.7 Å². The van der Waals surface area contributed by atoms with Crippen LogP contribution in [0.15, 0.2) is 36.7 Å². The Morgan fingerprint density at radius 2 is 1.86 bits per heavy atom. The van der Waals surface area contributed by atoms with Gasteiger partial charge in [-0.1, -0.05) is 11.6 Å². The fourth-order valence-corrected chi connectivity index (χ4v) is 1.64. The first kappa shape index (κ1) is 15.1. The number of hydrogen-bond donors (Lipinski definition) is 1. The number of rotatable bonds is 5. The summed E-state index contributed by atoms with van der Waals surface area (Å²) >= 11 is 5.71. The van der Waals surface area contributed by atoms with Crippen LogP contribution in [0.2, 0.25) is 5.02 Å². The predicted octanol–water partition coefficient (Wildman–Crippen LogP) is 2.81. The summed E-state index contributed by atoms with van der Waals surface area (Å²) in [5.74, 6) is 0.582. The molecule has 0 saturated carbocycles. The number of aromatic nitrogens is 2. The fraction of sp³-hybridized carbons (Fsp3) is 0.214. The number of carbonyl (C=O) groups excluding carboxylic acids is 1. The second-order valence-electron chi connectivity index (χ2n) is 4.16. The van der Waals surface area contributed by atoms with E-state index in [9.17, 15) is 4.79 Å². The van der Waals surface area contributed by atoms with E-state index in [0.717, 1.165) is 5.69 Å². The second kappa shape index (κ2) is 6.90. The zero-order chi connectivity index (χ0) is 15.2. The van der Waals surface area contributed by atoms with Crippen molar-refractivity contribution in [3.8, 4) is 5.75 Å². The number of methoxy groups -OCH3 is 1. The van der Waals surface area contributed by atoms with E-state index in [1.807, 2.05) is 0 Å². The Morgan fingerprint density at radius 1 is 1.24 bits per heavy atom. The minimum absolute atomic E-state index is 0.424. The number of halogens is 1. The summed E-state index contributed by atoms with van der Waals surface area (Å²) in [5.41, 5.74) is 0.787. The maximum Gasteiger partial charge on any atom is 0.346 e. The summed E-state index contributed by atoms with van der Waals surface area (Å²) < 4.78 is 10.0. The van der Waals surface area contributed by atoms with Gasteiger partial charge in [-0.15, -0.1) is 0 Å². The normalized spacial score (nSPS) is 11.6. The van der Waals surface area contributed by atoms with Crippen molar-refractivity contribution >= 4 is 29.2 Å². The number of nitrogens with one attached hydrogen (secondary N) is 1. The van der Waals surface area contributed by atoms with E-state index in [4.69, 9.17) is 16.3 Å². The highest BCUT2D eigenvalue weighted by Gasteiger charge is 2.14. The van der Waals surface area contributed by atoms with Gasteiger partial charge in [0.25, 0.3) is 0 Å². The number of benzene rings is 1. The van der Waals surface area contributed by atoms with E-state index in [1.165, 1.54) is 19.5 Å². The Balaban J connectivity index is 1.98. The molecule has 0 radical (unpaired) electrons. The van der Waals surface area contributed by atoms with Crippen LogP contribution in [0.4, 0.5) is 11.6 Å². The molecule has 1 aromatic heterocycles. The van der Waals surface area contributed by atoms with Gasteiger partial charge in [-0.3, -0.25) is 0 Å². The molecular formula is C14H14ClN3O3. The molecule has 0 amide bonds. The number of esters is 1. The molecule has 0 spiro atoms. The van der Waals surface area contributed by atoms with E-state index < -0.39 is 12.1 Å². The lowest BCUT2D eigenvalue weighted by atomic mass is 10.3. The number of carbonyl (C=O) groups is 1. The van der Waals surface area contributed by atoms with Crippen LogP contribution >= 0.6 is 11.6 Å². The standard InChI is InChI=1S/C14H14ClN3O3/c1-9(13(19)20-2)21-12-5-3-11(4-6-12)18-14-16-7-10(15)8-17-14/h3-9H,1-2H3,(H,16,17,18). The summed E-state index contributed by atoms with van der Waals surface area (Å²) in [7, 11) is 1.32. The van der Waals surface area contributed by atoms with Crippen molar-refractivity contribution in [2.24, 2.45) is 0 Å². The van der Waals surface area contributed by atoms with Gasteiger partial charge in [-0.25, -0.2) is 14.8 Å². The highest BCUT2D eigenvalue weighted by Crippen LogP contribution is 2.19. The zero-order valence-corrected chi connectivity index (χ0v) is 12.3. The lowest BCUT2D eigenvalue weighted by molar-refractivity contribution is -0.147. The summed E-state index contributed by atoms with van der Waals surface area (Å²) in [4.78, 5) is 19.3. The lowest BCUT2D eigenvalue weighted by Gasteiger charge is -2.12. The zero-order valence-electron chi connectivity index (χ0n) is 11.5. The molecule has 1 atom stereocenters. The molecule has 0 fully saturated rings. The van der Waals surface area contributed by atoms with Crippen molar-refractivity contribution in [3.05, 3.63) is 41.7 Å². The highest BCUT2D eigenvalue weighted by atomic mass is 35.5. The molecule has 110 valence electrons. The predicted molar refractivity (Wildman–Crippen MR) is 78.9 cm³/mol. The molecule has 1 unspecified atom stereocenters. The monoisotopic (exact) mass is 307 g/mol. The van der Waals surface area contributed by atoms with Crippen molar-refractivity contribution in [3.63, 3.8) is 0 Å². The molecule has 6 nitrogen and oxygen atoms in total. The van der Waals surface area contributed by atoms with Gasteiger partial charge in [0.2, 0.25) is 5.95 Å². The van der Waals surface area contributed by atoms with Gasteiger partial charge in [0.15, 0.2) is 6.10 Å². The van der Waals surface area contributed by atoms with Crippen LogP contribution in [0.3, 0.4) is 0 Å². The molecule has 0 aliphatic carbocycles. The maximum absolute atomic E-state index is 11.3. The van der Waals surface area contributed by atoms with Crippen molar-refractivity contribution in [2.45, 2.75) is 13.0 Å². The molecule has 21 heavy (non-hydrogen) atoms.